The van der Waals surface area contributed by atoms with Crippen LogP contribution in [0.4, 0.5) is 0 Å². The maximum Gasteiger partial charge on any atom is 0.222 e. The summed E-state index contributed by atoms with van der Waals surface area (Å²) in [6, 6.07) is 0.592. The first kappa shape index (κ1) is 14.5. The molecule has 1 amide bonds. The van der Waals surface area contributed by atoms with E-state index >= 15 is 0 Å². The molecule has 1 saturated carbocycles. The van der Waals surface area contributed by atoms with Gasteiger partial charge in [-0.3, -0.25) is 4.79 Å². The third-order valence-corrected chi connectivity index (χ3v) is 4.17. The minimum Gasteiger partial charge on any atom is -0.343 e. The number of hydrogen-bond donors (Lipinski definition) is 1. The van der Waals surface area contributed by atoms with Crippen LogP contribution in [0.15, 0.2) is 0 Å². The van der Waals surface area contributed by atoms with Gasteiger partial charge in [-0.15, -0.1) is 0 Å². The maximum absolute atomic E-state index is 12.1. The number of amides is 1. The minimum atomic E-state index is 0.239. The molecule has 0 radical (unpaired) electrons. The van der Waals surface area contributed by atoms with E-state index in [-0.39, 0.29) is 11.9 Å². The zero-order chi connectivity index (χ0) is 12.8. The van der Waals surface area contributed by atoms with Crippen LogP contribution >= 0.6 is 0 Å². The normalized spacial score (nSPS) is 26.6. The fourth-order valence-electron chi connectivity index (χ4n) is 2.72. The van der Waals surface area contributed by atoms with Gasteiger partial charge in [-0.05, 0) is 32.1 Å². The second kappa shape index (κ2) is 7.00. The minimum absolute atomic E-state index is 0.239. The summed E-state index contributed by atoms with van der Waals surface area (Å²) in [5.74, 6) is 0.681. The van der Waals surface area contributed by atoms with Crippen molar-refractivity contribution in [3.05, 3.63) is 0 Å². The number of carbonyl (C=O) groups excluding carboxylic acids is 1. The lowest BCUT2D eigenvalue weighted by molar-refractivity contribution is -0.133. The first-order valence-corrected chi connectivity index (χ1v) is 7.07. The van der Waals surface area contributed by atoms with Gasteiger partial charge < -0.3 is 10.6 Å². The van der Waals surface area contributed by atoms with Crippen molar-refractivity contribution in [2.24, 2.45) is 11.7 Å². The van der Waals surface area contributed by atoms with Crippen LogP contribution in [0, 0.1) is 5.92 Å². The molecule has 1 aliphatic carbocycles. The largest absolute Gasteiger partial charge is 0.343 e. The summed E-state index contributed by atoms with van der Waals surface area (Å²) in [6.07, 6.45) is 7.54. The topological polar surface area (TPSA) is 46.3 Å². The van der Waals surface area contributed by atoms with E-state index in [0.717, 1.165) is 25.7 Å². The Morgan fingerprint density at radius 2 is 2.06 bits per heavy atom. The van der Waals surface area contributed by atoms with Gasteiger partial charge in [-0.1, -0.05) is 26.2 Å². The highest BCUT2D eigenvalue weighted by molar-refractivity contribution is 5.76. The van der Waals surface area contributed by atoms with Gasteiger partial charge in [0.05, 0.1) is 0 Å². The molecular weight excluding hydrogens is 212 g/mol. The summed E-state index contributed by atoms with van der Waals surface area (Å²) in [5, 5.41) is 0. The highest BCUT2D eigenvalue weighted by Gasteiger charge is 2.26. The first-order valence-electron chi connectivity index (χ1n) is 7.07. The number of carbonyl (C=O) groups is 1. The summed E-state index contributed by atoms with van der Waals surface area (Å²) >= 11 is 0. The lowest BCUT2D eigenvalue weighted by atomic mass is 9.82. The van der Waals surface area contributed by atoms with Crippen molar-refractivity contribution in [3.63, 3.8) is 0 Å². The van der Waals surface area contributed by atoms with Gasteiger partial charge in [0.25, 0.3) is 0 Å². The Balaban J connectivity index is 2.41. The van der Waals surface area contributed by atoms with Gasteiger partial charge in [0.2, 0.25) is 5.91 Å². The van der Waals surface area contributed by atoms with E-state index in [1.54, 1.807) is 0 Å². The van der Waals surface area contributed by atoms with Gasteiger partial charge in [-0.25, -0.2) is 0 Å². The van der Waals surface area contributed by atoms with E-state index in [0.29, 0.717) is 18.4 Å². The predicted octanol–water partition coefficient (Wildman–Crippen LogP) is 2.54. The van der Waals surface area contributed by atoms with Crippen LogP contribution in [0.1, 0.15) is 58.8 Å². The van der Waals surface area contributed by atoms with E-state index < -0.39 is 0 Å². The Labute approximate surface area is 106 Å². The number of hydrogen-bond acceptors (Lipinski definition) is 2. The zero-order valence-corrected chi connectivity index (χ0v) is 11.6. The Hall–Kier alpha value is -0.570. The molecular formula is C14H28N2O. The van der Waals surface area contributed by atoms with Crippen molar-refractivity contribution in [2.75, 3.05) is 7.05 Å². The van der Waals surface area contributed by atoms with E-state index in [1.807, 2.05) is 11.9 Å². The molecule has 2 N–H and O–H groups in total. The third-order valence-electron chi connectivity index (χ3n) is 4.17. The van der Waals surface area contributed by atoms with Crippen molar-refractivity contribution in [1.82, 2.24) is 4.90 Å². The van der Waals surface area contributed by atoms with Crippen molar-refractivity contribution in [1.29, 1.82) is 0 Å². The van der Waals surface area contributed by atoms with Crippen molar-refractivity contribution < 1.29 is 4.79 Å². The summed E-state index contributed by atoms with van der Waals surface area (Å²) in [7, 11) is 1.93. The molecule has 3 nitrogen and oxygen atoms in total. The molecule has 1 rings (SSSR count). The summed E-state index contributed by atoms with van der Waals surface area (Å²) in [4.78, 5) is 14.1. The molecule has 17 heavy (non-hydrogen) atoms. The SMILES string of the molecule is CCCC(C)N(C)C(=O)CC1CCCCC1N. The summed E-state index contributed by atoms with van der Waals surface area (Å²) in [5.41, 5.74) is 6.09. The van der Waals surface area contributed by atoms with Crippen LogP contribution in [-0.2, 0) is 4.79 Å². The van der Waals surface area contributed by atoms with Crippen molar-refractivity contribution >= 4 is 5.91 Å². The summed E-state index contributed by atoms with van der Waals surface area (Å²) in [6.45, 7) is 4.29. The average Bonchev–Trinajstić information content (AvgIpc) is 2.31. The molecule has 0 aromatic heterocycles. The number of rotatable bonds is 5. The van der Waals surface area contributed by atoms with Crippen LogP contribution in [0.5, 0.6) is 0 Å². The molecule has 0 aromatic carbocycles. The Morgan fingerprint density at radius 3 is 2.65 bits per heavy atom. The van der Waals surface area contributed by atoms with Gasteiger partial charge in [-0.2, -0.15) is 0 Å². The molecule has 1 fully saturated rings. The van der Waals surface area contributed by atoms with E-state index in [1.165, 1.54) is 12.8 Å². The van der Waals surface area contributed by atoms with Crippen LogP contribution in [-0.4, -0.2) is 29.9 Å². The fourth-order valence-corrected chi connectivity index (χ4v) is 2.72. The number of nitrogens with two attached hydrogens (primary N) is 1. The molecule has 0 aliphatic heterocycles. The monoisotopic (exact) mass is 240 g/mol. The van der Waals surface area contributed by atoms with E-state index in [4.69, 9.17) is 5.73 Å². The van der Waals surface area contributed by atoms with Crippen molar-refractivity contribution in [3.8, 4) is 0 Å². The highest BCUT2D eigenvalue weighted by Crippen LogP contribution is 2.26. The van der Waals surface area contributed by atoms with E-state index in [2.05, 4.69) is 13.8 Å². The second-order valence-electron chi connectivity index (χ2n) is 5.55. The van der Waals surface area contributed by atoms with Crippen LogP contribution < -0.4 is 5.73 Å². The molecule has 3 unspecified atom stereocenters. The van der Waals surface area contributed by atoms with Gasteiger partial charge in [0.15, 0.2) is 0 Å². The molecule has 0 aromatic rings. The zero-order valence-electron chi connectivity index (χ0n) is 11.6. The molecule has 0 bridgehead atoms. The molecule has 3 heteroatoms. The Morgan fingerprint density at radius 1 is 1.41 bits per heavy atom. The molecule has 0 spiro atoms. The van der Waals surface area contributed by atoms with Gasteiger partial charge in [0.1, 0.15) is 0 Å². The molecule has 0 saturated heterocycles. The standard InChI is InChI=1S/C14H28N2O/c1-4-7-11(2)16(3)14(17)10-12-8-5-6-9-13(12)15/h11-13H,4-10,15H2,1-3H3. The van der Waals surface area contributed by atoms with Gasteiger partial charge >= 0.3 is 0 Å². The first-order chi connectivity index (χ1) is 8.06. The van der Waals surface area contributed by atoms with E-state index in [9.17, 15) is 4.79 Å². The van der Waals surface area contributed by atoms with Crippen LogP contribution in [0.25, 0.3) is 0 Å². The molecule has 3 atom stereocenters. The van der Waals surface area contributed by atoms with Crippen LogP contribution in [0.3, 0.4) is 0 Å². The van der Waals surface area contributed by atoms with Gasteiger partial charge in [0, 0.05) is 25.6 Å². The molecule has 0 heterocycles. The third kappa shape index (κ3) is 4.30. The Kier molecular flexibility index (Phi) is 5.96. The second-order valence-corrected chi connectivity index (χ2v) is 5.55. The fraction of sp³-hybridized carbons (Fsp3) is 0.929. The maximum atomic E-state index is 12.1. The van der Waals surface area contributed by atoms with Crippen molar-refractivity contribution in [2.45, 2.75) is 70.9 Å². The Bertz CT molecular complexity index is 242. The molecule has 1 aliphatic rings. The average molecular weight is 240 g/mol. The molecule has 100 valence electrons. The highest BCUT2D eigenvalue weighted by atomic mass is 16.2. The quantitative estimate of drug-likeness (QED) is 0.802. The smallest absolute Gasteiger partial charge is 0.222 e. The van der Waals surface area contributed by atoms with Crippen LogP contribution in [0.2, 0.25) is 0 Å². The lowest BCUT2D eigenvalue weighted by Crippen LogP contribution is -2.40. The number of nitrogens with zero attached hydrogens (tertiary/aromatic N) is 1. The summed E-state index contributed by atoms with van der Waals surface area (Å²) < 4.78 is 0. The lowest BCUT2D eigenvalue weighted by Gasteiger charge is -2.31. The predicted molar refractivity (Wildman–Crippen MR) is 71.7 cm³/mol.